The minimum absolute atomic E-state index is 0.0141. The second kappa shape index (κ2) is 7.58. The van der Waals surface area contributed by atoms with Crippen LogP contribution in [0.15, 0.2) is 30.5 Å². The monoisotopic (exact) mass is 477 g/mol. The highest BCUT2D eigenvalue weighted by Crippen LogP contribution is 2.57. The summed E-state index contributed by atoms with van der Waals surface area (Å²) in [6.07, 6.45) is 4.09. The van der Waals surface area contributed by atoms with Crippen LogP contribution in [-0.4, -0.2) is 55.8 Å². The molecular formula is C26H31N5O4. The van der Waals surface area contributed by atoms with Gasteiger partial charge in [-0.05, 0) is 51.5 Å². The summed E-state index contributed by atoms with van der Waals surface area (Å²) < 4.78 is 14.3. The lowest BCUT2D eigenvalue weighted by Gasteiger charge is -2.54. The zero-order chi connectivity index (χ0) is 24.5. The first-order chi connectivity index (χ1) is 16.7. The molecule has 1 amide bonds. The maximum absolute atomic E-state index is 13.3. The highest BCUT2D eigenvalue weighted by Gasteiger charge is 2.53. The molecular weight excluding hydrogens is 446 g/mol. The number of carbonyl (C=O) groups excluding carboxylic acids is 1. The highest BCUT2D eigenvalue weighted by molar-refractivity contribution is 5.98. The predicted octanol–water partition coefficient (Wildman–Crippen LogP) is 3.50. The number of amides is 1. The van der Waals surface area contributed by atoms with Crippen molar-refractivity contribution in [3.63, 3.8) is 0 Å². The molecule has 5 heterocycles. The van der Waals surface area contributed by atoms with Crippen LogP contribution in [0.1, 0.15) is 60.8 Å². The van der Waals surface area contributed by atoms with Gasteiger partial charge in [0.2, 0.25) is 0 Å². The van der Waals surface area contributed by atoms with Gasteiger partial charge in [0.05, 0.1) is 18.4 Å². The molecule has 184 valence electrons. The number of nitrogens with zero attached hydrogens (tertiary/aromatic N) is 4. The molecule has 0 aliphatic carbocycles. The Morgan fingerprint density at radius 1 is 1.26 bits per heavy atom. The van der Waals surface area contributed by atoms with E-state index < -0.39 is 5.60 Å². The van der Waals surface area contributed by atoms with Crippen molar-refractivity contribution in [2.24, 2.45) is 11.3 Å². The highest BCUT2D eigenvalue weighted by atomic mass is 16.5. The van der Waals surface area contributed by atoms with Gasteiger partial charge in [0.15, 0.2) is 17.1 Å². The number of phenolic OH excluding ortho intramolecular Hbond substituents is 1. The molecule has 3 aliphatic rings. The van der Waals surface area contributed by atoms with E-state index in [2.05, 4.69) is 23.9 Å². The van der Waals surface area contributed by atoms with Crippen molar-refractivity contribution in [1.82, 2.24) is 19.5 Å². The molecule has 9 heteroatoms. The van der Waals surface area contributed by atoms with Crippen molar-refractivity contribution in [3.05, 3.63) is 47.3 Å². The molecule has 0 saturated carbocycles. The zero-order valence-electron chi connectivity index (χ0n) is 20.3. The standard InChI is InChI=1S/C26H31N5O4/c1-15-11-20-28-13-17(23(27)31(20)29-15)24(33)30-9-7-26(8-10-30)12-18-21(34-14-26)16-5-4-6-19(32)22(16)35-25(18,2)3/h4-6,11,13,18,21,32H,7-10,12,14,27H2,1-3H3/t18-,21+/m0/s1. The number of benzene rings is 1. The maximum Gasteiger partial charge on any atom is 0.259 e. The van der Waals surface area contributed by atoms with E-state index in [1.807, 2.05) is 30.0 Å². The Bertz CT molecular complexity index is 1320. The summed E-state index contributed by atoms with van der Waals surface area (Å²) in [5.74, 6) is 1.05. The molecule has 0 bridgehead atoms. The quantitative estimate of drug-likeness (QED) is 0.551. The van der Waals surface area contributed by atoms with Crippen LogP contribution >= 0.6 is 0 Å². The molecule has 0 unspecified atom stereocenters. The van der Waals surface area contributed by atoms with Gasteiger partial charge in [0, 0.05) is 36.8 Å². The van der Waals surface area contributed by atoms with Gasteiger partial charge in [-0.2, -0.15) is 9.61 Å². The van der Waals surface area contributed by atoms with Gasteiger partial charge >= 0.3 is 0 Å². The summed E-state index contributed by atoms with van der Waals surface area (Å²) in [4.78, 5) is 19.6. The van der Waals surface area contributed by atoms with E-state index in [0.29, 0.717) is 42.5 Å². The predicted molar refractivity (Wildman–Crippen MR) is 129 cm³/mol. The lowest BCUT2D eigenvalue weighted by atomic mass is 9.64. The molecule has 0 radical (unpaired) electrons. The van der Waals surface area contributed by atoms with E-state index in [1.54, 1.807) is 12.3 Å². The Morgan fingerprint density at radius 2 is 2.03 bits per heavy atom. The molecule has 3 N–H and O–H groups in total. The number of nitrogens with two attached hydrogens (primary N) is 1. The number of anilines is 1. The fourth-order valence-corrected chi connectivity index (χ4v) is 6.08. The van der Waals surface area contributed by atoms with E-state index in [0.717, 1.165) is 30.5 Å². The van der Waals surface area contributed by atoms with Crippen molar-refractivity contribution < 1.29 is 19.4 Å². The van der Waals surface area contributed by atoms with Gasteiger partial charge in [-0.15, -0.1) is 0 Å². The number of piperidine rings is 1. The van der Waals surface area contributed by atoms with Crippen LogP contribution in [-0.2, 0) is 4.74 Å². The van der Waals surface area contributed by atoms with Crippen LogP contribution in [0.3, 0.4) is 0 Å². The molecule has 2 aromatic heterocycles. The molecule has 2 atom stereocenters. The van der Waals surface area contributed by atoms with Crippen molar-refractivity contribution in [1.29, 1.82) is 0 Å². The number of ether oxygens (including phenoxy) is 2. The fourth-order valence-electron chi connectivity index (χ4n) is 6.08. The van der Waals surface area contributed by atoms with Gasteiger partial charge in [0.1, 0.15) is 17.0 Å². The first kappa shape index (κ1) is 22.2. The Hall–Kier alpha value is -3.33. The summed E-state index contributed by atoms with van der Waals surface area (Å²) in [5.41, 5.74) is 8.54. The summed E-state index contributed by atoms with van der Waals surface area (Å²) in [6, 6.07) is 7.31. The van der Waals surface area contributed by atoms with E-state index in [4.69, 9.17) is 15.2 Å². The number of hydrogen-bond acceptors (Lipinski definition) is 7. The number of phenols is 1. The number of hydrogen-bond donors (Lipinski definition) is 2. The zero-order valence-corrected chi connectivity index (χ0v) is 20.3. The summed E-state index contributed by atoms with van der Waals surface area (Å²) in [7, 11) is 0. The van der Waals surface area contributed by atoms with E-state index in [9.17, 15) is 9.90 Å². The van der Waals surface area contributed by atoms with Crippen molar-refractivity contribution >= 4 is 17.4 Å². The van der Waals surface area contributed by atoms with Crippen molar-refractivity contribution in [2.75, 3.05) is 25.4 Å². The Morgan fingerprint density at radius 3 is 2.80 bits per heavy atom. The van der Waals surface area contributed by atoms with Crippen LogP contribution in [0.5, 0.6) is 11.5 Å². The molecule has 1 spiro atoms. The molecule has 3 aromatic rings. The summed E-state index contributed by atoms with van der Waals surface area (Å²) in [6.45, 7) is 7.91. The Kier molecular flexibility index (Phi) is 4.80. The maximum atomic E-state index is 13.3. The molecule has 3 aliphatic heterocycles. The second-order valence-electron chi connectivity index (χ2n) is 10.8. The third-order valence-electron chi connectivity index (χ3n) is 8.16. The first-order valence-corrected chi connectivity index (χ1v) is 12.2. The number of aromatic hydroxyl groups is 1. The SMILES string of the molecule is Cc1cc2ncc(C(=O)N3CCC4(CC3)CO[C@@H]3c5cccc(O)c5OC(C)(C)[C@H]3C4)c(N)n2n1. The van der Waals surface area contributed by atoms with Crippen LogP contribution < -0.4 is 10.5 Å². The van der Waals surface area contributed by atoms with Gasteiger partial charge in [-0.25, -0.2) is 4.98 Å². The Labute approximate surface area is 203 Å². The van der Waals surface area contributed by atoms with Gasteiger partial charge < -0.3 is 25.2 Å². The third-order valence-corrected chi connectivity index (χ3v) is 8.16. The van der Waals surface area contributed by atoms with Crippen molar-refractivity contribution in [2.45, 2.75) is 51.7 Å². The van der Waals surface area contributed by atoms with Crippen LogP contribution in [0, 0.1) is 18.3 Å². The topological polar surface area (TPSA) is 115 Å². The minimum atomic E-state index is -0.478. The van der Waals surface area contributed by atoms with Crippen LogP contribution in [0.2, 0.25) is 0 Å². The summed E-state index contributed by atoms with van der Waals surface area (Å²) >= 11 is 0. The number of likely N-dealkylation sites (tertiary alicyclic amines) is 1. The lowest BCUT2D eigenvalue weighted by Crippen LogP contribution is -2.54. The molecule has 35 heavy (non-hydrogen) atoms. The minimum Gasteiger partial charge on any atom is -0.504 e. The number of nitrogen functional groups attached to an aromatic ring is 1. The number of aromatic nitrogens is 3. The van der Waals surface area contributed by atoms with E-state index >= 15 is 0 Å². The normalized spacial score (nSPS) is 24.6. The van der Waals surface area contributed by atoms with E-state index in [1.165, 1.54) is 4.52 Å². The van der Waals surface area contributed by atoms with Gasteiger partial charge in [-0.1, -0.05) is 12.1 Å². The second-order valence-corrected chi connectivity index (χ2v) is 10.8. The number of fused-ring (bicyclic) bond motifs is 4. The molecule has 6 rings (SSSR count). The number of para-hydroxylation sites is 1. The van der Waals surface area contributed by atoms with Crippen LogP contribution in [0.25, 0.3) is 5.65 Å². The average molecular weight is 478 g/mol. The number of rotatable bonds is 1. The third kappa shape index (κ3) is 3.43. The molecule has 2 fully saturated rings. The molecule has 2 saturated heterocycles. The van der Waals surface area contributed by atoms with Gasteiger partial charge in [-0.3, -0.25) is 4.79 Å². The lowest BCUT2D eigenvalue weighted by molar-refractivity contribution is -0.173. The number of carbonyl (C=O) groups is 1. The van der Waals surface area contributed by atoms with E-state index in [-0.39, 0.29) is 29.1 Å². The average Bonchev–Trinajstić information content (AvgIpc) is 3.22. The molecule has 9 nitrogen and oxygen atoms in total. The Balaban J connectivity index is 1.20. The van der Waals surface area contributed by atoms with Crippen LogP contribution in [0.4, 0.5) is 5.82 Å². The summed E-state index contributed by atoms with van der Waals surface area (Å²) in [5, 5.41) is 14.7. The van der Waals surface area contributed by atoms with Crippen molar-refractivity contribution in [3.8, 4) is 11.5 Å². The largest absolute Gasteiger partial charge is 0.504 e. The number of aryl methyl sites for hydroxylation is 1. The first-order valence-electron chi connectivity index (χ1n) is 12.2. The molecule has 1 aromatic carbocycles. The fraction of sp³-hybridized carbons (Fsp3) is 0.500. The smallest absolute Gasteiger partial charge is 0.259 e. The van der Waals surface area contributed by atoms with Gasteiger partial charge in [0.25, 0.3) is 5.91 Å².